The largest absolute Gasteiger partial charge is 0.371 e. The maximum atomic E-state index is 12.5. The number of hydrogen-bond donors (Lipinski definition) is 1. The number of unbranched alkanes of at least 4 members (excludes halogenated alkanes) is 2. The molecular formula is C16H26N4O2S. The Kier molecular flexibility index (Phi) is 5.48. The third-order valence-corrected chi connectivity index (χ3v) is 5.87. The van der Waals surface area contributed by atoms with E-state index in [1.165, 1.54) is 35.5 Å². The predicted octanol–water partition coefficient (Wildman–Crippen LogP) is 3.34. The number of aliphatic hydroxyl groups is 1. The number of anilines is 1. The van der Waals surface area contributed by atoms with Gasteiger partial charge in [-0.3, -0.25) is 0 Å². The molecule has 1 aliphatic heterocycles. The van der Waals surface area contributed by atoms with Crippen LogP contribution in [0.2, 0.25) is 0 Å². The van der Waals surface area contributed by atoms with E-state index in [1.807, 2.05) is 0 Å². The van der Waals surface area contributed by atoms with Gasteiger partial charge in [-0.2, -0.15) is 0 Å². The average Bonchev–Trinajstić information content (AvgIpc) is 3.14. The molecule has 1 saturated carbocycles. The minimum absolute atomic E-state index is 0.139. The number of aliphatic hydroxyl groups excluding tert-OH is 1. The van der Waals surface area contributed by atoms with Crippen molar-refractivity contribution < 1.29 is 9.90 Å². The molecule has 2 fully saturated rings. The molecule has 128 valence electrons. The van der Waals surface area contributed by atoms with Crippen LogP contribution in [0.1, 0.15) is 69.2 Å². The van der Waals surface area contributed by atoms with Crippen molar-refractivity contribution in [1.29, 1.82) is 0 Å². The maximum absolute atomic E-state index is 12.5. The number of urea groups is 1. The van der Waals surface area contributed by atoms with Gasteiger partial charge in [0.05, 0.1) is 6.54 Å². The molecule has 2 heterocycles. The van der Waals surface area contributed by atoms with Gasteiger partial charge in [0.1, 0.15) is 5.01 Å². The van der Waals surface area contributed by atoms with Crippen LogP contribution in [0.25, 0.3) is 0 Å². The summed E-state index contributed by atoms with van der Waals surface area (Å²) < 4.78 is 0. The van der Waals surface area contributed by atoms with E-state index >= 15 is 0 Å². The summed E-state index contributed by atoms with van der Waals surface area (Å²) in [6.45, 7) is 3.20. The average molecular weight is 338 g/mol. The summed E-state index contributed by atoms with van der Waals surface area (Å²) in [4.78, 5) is 15.7. The van der Waals surface area contributed by atoms with Gasteiger partial charge in [0.25, 0.3) is 0 Å². The third-order valence-electron chi connectivity index (χ3n) is 4.78. The predicted molar refractivity (Wildman–Crippen MR) is 90.7 cm³/mol. The number of rotatable bonds is 6. The van der Waals surface area contributed by atoms with Crippen molar-refractivity contribution in [3.63, 3.8) is 0 Å². The highest BCUT2D eigenvalue weighted by atomic mass is 32.1. The van der Waals surface area contributed by atoms with E-state index in [1.54, 1.807) is 4.90 Å². The lowest BCUT2D eigenvalue weighted by atomic mass is 9.90. The molecule has 0 bridgehead atoms. The van der Waals surface area contributed by atoms with E-state index < -0.39 is 6.23 Å². The Hall–Kier alpha value is -1.21. The van der Waals surface area contributed by atoms with Crippen molar-refractivity contribution in [3.05, 3.63) is 5.01 Å². The first-order valence-corrected chi connectivity index (χ1v) is 9.62. The molecule has 0 aromatic carbocycles. The van der Waals surface area contributed by atoms with E-state index in [0.29, 0.717) is 24.1 Å². The van der Waals surface area contributed by atoms with Gasteiger partial charge in [-0.05, 0) is 19.3 Å². The van der Waals surface area contributed by atoms with Crippen molar-refractivity contribution in [2.24, 2.45) is 0 Å². The molecule has 2 amide bonds. The molecule has 23 heavy (non-hydrogen) atoms. The van der Waals surface area contributed by atoms with Crippen LogP contribution in [-0.4, -0.2) is 45.6 Å². The first-order chi connectivity index (χ1) is 11.2. The number of carbonyl (C=O) groups is 1. The molecule has 7 heteroatoms. The Balaban J connectivity index is 1.66. The molecule has 1 aromatic heterocycles. The van der Waals surface area contributed by atoms with Gasteiger partial charge >= 0.3 is 6.03 Å². The normalized spacial score (nSPS) is 23.0. The molecule has 0 radical (unpaired) electrons. The van der Waals surface area contributed by atoms with E-state index in [2.05, 4.69) is 17.1 Å². The van der Waals surface area contributed by atoms with Crippen LogP contribution in [0.3, 0.4) is 0 Å². The minimum Gasteiger partial charge on any atom is -0.371 e. The molecule has 2 aliphatic rings. The highest BCUT2D eigenvalue weighted by molar-refractivity contribution is 7.15. The molecule has 1 aliphatic carbocycles. The summed E-state index contributed by atoms with van der Waals surface area (Å²) in [5.41, 5.74) is 0. The van der Waals surface area contributed by atoms with Crippen molar-refractivity contribution in [1.82, 2.24) is 15.1 Å². The smallest absolute Gasteiger partial charge is 0.328 e. The fourth-order valence-electron chi connectivity index (χ4n) is 3.42. The van der Waals surface area contributed by atoms with Crippen LogP contribution in [0.15, 0.2) is 0 Å². The molecule has 3 rings (SSSR count). The Morgan fingerprint density at radius 2 is 2.00 bits per heavy atom. The fraction of sp³-hybridized carbons (Fsp3) is 0.812. The number of carbonyl (C=O) groups excluding carboxylic acids is 1. The molecule has 1 atom stereocenters. The second-order valence-corrected chi connectivity index (χ2v) is 7.53. The van der Waals surface area contributed by atoms with Gasteiger partial charge in [0.2, 0.25) is 5.13 Å². The number of aromatic nitrogens is 2. The van der Waals surface area contributed by atoms with E-state index in [0.717, 1.165) is 37.1 Å². The van der Waals surface area contributed by atoms with Crippen molar-refractivity contribution in [3.8, 4) is 0 Å². The van der Waals surface area contributed by atoms with Gasteiger partial charge in [-0.1, -0.05) is 50.4 Å². The molecule has 1 aromatic rings. The number of nitrogens with zero attached hydrogens (tertiary/aromatic N) is 4. The van der Waals surface area contributed by atoms with Crippen LogP contribution in [-0.2, 0) is 0 Å². The Labute approximate surface area is 141 Å². The number of hydrogen-bond acceptors (Lipinski definition) is 5. The molecule has 1 unspecified atom stereocenters. The second kappa shape index (κ2) is 7.57. The summed E-state index contributed by atoms with van der Waals surface area (Å²) >= 11 is 1.47. The van der Waals surface area contributed by atoms with Gasteiger partial charge in [-0.15, -0.1) is 10.2 Å². The SMILES string of the molecule is CCCCCN1CC(O)N(c2nnc(C3CCCCC3)s2)C1=O. The van der Waals surface area contributed by atoms with Gasteiger partial charge in [-0.25, -0.2) is 9.69 Å². The van der Waals surface area contributed by atoms with Gasteiger partial charge in [0, 0.05) is 12.5 Å². The minimum atomic E-state index is -0.809. The first kappa shape index (κ1) is 16.6. The van der Waals surface area contributed by atoms with Crippen molar-refractivity contribution in [2.45, 2.75) is 70.4 Å². The zero-order valence-corrected chi connectivity index (χ0v) is 14.6. The lowest BCUT2D eigenvalue weighted by Crippen LogP contribution is -2.35. The topological polar surface area (TPSA) is 69.6 Å². The summed E-state index contributed by atoms with van der Waals surface area (Å²) in [7, 11) is 0. The van der Waals surface area contributed by atoms with Crippen LogP contribution in [0.5, 0.6) is 0 Å². The van der Waals surface area contributed by atoms with Gasteiger partial charge in [0.15, 0.2) is 6.23 Å². The van der Waals surface area contributed by atoms with Crippen molar-refractivity contribution >= 4 is 22.5 Å². The van der Waals surface area contributed by atoms with Crippen molar-refractivity contribution in [2.75, 3.05) is 18.0 Å². The zero-order chi connectivity index (χ0) is 16.2. The van der Waals surface area contributed by atoms with E-state index in [-0.39, 0.29) is 6.03 Å². The molecule has 0 spiro atoms. The molecule has 6 nitrogen and oxygen atoms in total. The van der Waals surface area contributed by atoms with Crippen LogP contribution in [0.4, 0.5) is 9.93 Å². The Morgan fingerprint density at radius 1 is 1.22 bits per heavy atom. The highest BCUT2D eigenvalue weighted by Crippen LogP contribution is 2.37. The Bertz CT molecular complexity index is 530. The lowest BCUT2D eigenvalue weighted by Gasteiger charge is -2.18. The zero-order valence-electron chi connectivity index (χ0n) is 13.8. The van der Waals surface area contributed by atoms with Crippen LogP contribution in [0, 0.1) is 0 Å². The lowest BCUT2D eigenvalue weighted by molar-refractivity contribution is 0.176. The maximum Gasteiger partial charge on any atom is 0.328 e. The number of β-amino-alcohol motifs (C(OH)–C–C–N with tert-alkyl or cyclic N) is 1. The second-order valence-electron chi connectivity index (χ2n) is 6.54. The molecular weight excluding hydrogens is 312 g/mol. The fourth-order valence-corrected chi connectivity index (χ4v) is 4.47. The van der Waals surface area contributed by atoms with E-state index in [4.69, 9.17) is 0 Å². The van der Waals surface area contributed by atoms with Gasteiger partial charge < -0.3 is 10.0 Å². The third kappa shape index (κ3) is 3.66. The Morgan fingerprint density at radius 3 is 2.74 bits per heavy atom. The highest BCUT2D eigenvalue weighted by Gasteiger charge is 2.39. The molecule has 1 N–H and O–H groups in total. The summed E-state index contributed by atoms with van der Waals surface area (Å²) in [5, 5.41) is 20.3. The molecule has 1 saturated heterocycles. The summed E-state index contributed by atoms with van der Waals surface area (Å²) in [6.07, 6.45) is 8.51. The summed E-state index contributed by atoms with van der Waals surface area (Å²) in [6, 6.07) is -0.139. The number of amides is 2. The summed E-state index contributed by atoms with van der Waals surface area (Å²) in [5.74, 6) is 0.477. The van der Waals surface area contributed by atoms with Crippen LogP contribution < -0.4 is 4.90 Å². The first-order valence-electron chi connectivity index (χ1n) is 8.80. The quantitative estimate of drug-likeness (QED) is 0.808. The monoisotopic (exact) mass is 338 g/mol. The van der Waals surface area contributed by atoms with E-state index in [9.17, 15) is 9.90 Å². The standard InChI is InChI=1S/C16H26N4O2S/c1-2-3-7-10-19-11-13(21)20(16(19)22)15-18-17-14(23-15)12-8-5-4-6-9-12/h12-13,21H,2-11H2,1H3. The van der Waals surface area contributed by atoms with Crippen LogP contribution >= 0.6 is 11.3 Å².